The number of ether oxygens (including phenoxy) is 2. The Morgan fingerprint density at radius 3 is 3.14 bits per heavy atom. The highest BCUT2D eigenvalue weighted by Crippen LogP contribution is 2.32. The minimum atomic E-state index is -0.0800. The summed E-state index contributed by atoms with van der Waals surface area (Å²) in [4.78, 5) is 16.9. The minimum absolute atomic E-state index is 0.0800. The maximum Gasteiger partial charge on any atom is 0.251 e. The van der Waals surface area contributed by atoms with Gasteiger partial charge in [-0.05, 0) is 31.5 Å². The van der Waals surface area contributed by atoms with Gasteiger partial charge in [-0.2, -0.15) is 0 Å². The molecule has 2 aliphatic heterocycles. The van der Waals surface area contributed by atoms with Crippen LogP contribution in [-0.4, -0.2) is 28.3 Å². The lowest BCUT2D eigenvalue weighted by molar-refractivity contribution is 0.0927. The summed E-state index contributed by atoms with van der Waals surface area (Å²) in [6.45, 7) is 2.98. The van der Waals surface area contributed by atoms with Crippen LogP contribution in [0.4, 0.5) is 0 Å². The van der Waals surface area contributed by atoms with E-state index < -0.39 is 0 Å². The standard InChI is InChI=1S/C16H17N3O3/c1-10-7-19-8-12(3-5-15(19)17-10)18-16(20)11-2-4-13-14(6-11)22-9-21-13/h2,4,6-7,12H,3,5,8-9H2,1H3,(H,18,20). The van der Waals surface area contributed by atoms with E-state index in [1.807, 2.05) is 13.1 Å². The molecule has 0 radical (unpaired) electrons. The highest BCUT2D eigenvalue weighted by atomic mass is 16.7. The quantitative estimate of drug-likeness (QED) is 0.916. The summed E-state index contributed by atoms with van der Waals surface area (Å²) < 4.78 is 12.7. The van der Waals surface area contributed by atoms with Crippen LogP contribution in [0.1, 0.15) is 28.3 Å². The van der Waals surface area contributed by atoms with Gasteiger partial charge < -0.3 is 19.4 Å². The predicted octanol–water partition coefficient (Wildman–Crippen LogP) is 1.67. The number of benzene rings is 1. The second-order valence-electron chi connectivity index (χ2n) is 5.73. The van der Waals surface area contributed by atoms with Crippen molar-refractivity contribution in [2.75, 3.05) is 6.79 Å². The number of nitrogens with one attached hydrogen (secondary N) is 1. The summed E-state index contributed by atoms with van der Waals surface area (Å²) in [6, 6.07) is 5.39. The molecule has 6 nitrogen and oxygen atoms in total. The second kappa shape index (κ2) is 5.05. The van der Waals surface area contributed by atoms with E-state index in [4.69, 9.17) is 9.47 Å². The van der Waals surface area contributed by atoms with Gasteiger partial charge in [-0.25, -0.2) is 4.98 Å². The van der Waals surface area contributed by atoms with Crippen molar-refractivity contribution in [3.8, 4) is 11.5 Å². The highest BCUT2D eigenvalue weighted by molar-refractivity contribution is 5.95. The smallest absolute Gasteiger partial charge is 0.251 e. The van der Waals surface area contributed by atoms with Gasteiger partial charge in [0, 0.05) is 30.8 Å². The Bertz CT molecular complexity index is 738. The van der Waals surface area contributed by atoms with E-state index in [2.05, 4.69) is 14.9 Å². The molecule has 2 aliphatic rings. The van der Waals surface area contributed by atoms with Crippen molar-refractivity contribution in [3.63, 3.8) is 0 Å². The van der Waals surface area contributed by atoms with E-state index in [0.29, 0.717) is 17.1 Å². The average molecular weight is 299 g/mol. The number of aromatic nitrogens is 2. The number of amides is 1. The van der Waals surface area contributed by atoms with Gasteiger partial charge in [-0.15, -0.1) is 0 Å². The first kappa shape index (κ1) is 13.2. The van der Waals surface area contributed by atoms with E-state index in [0.717, 1.165) is 30.9 Å². The Morgan fingerprint density at radius 1 is 1.36 bits per heavy atom. The van der Waals surface area contributed by atoms with E-state index in [1.54, 1.807) is 18.2 Å². The molecular formula is C16H17N3O3. The van der Waals surface area contributed by atoms with Gasteiger partial charge in [0.15, 0.2) is 11.5 Å². The largest absolute Gasteiger partial charge is 0.454 e. The summed E-state index contributed by atoms with van der Waals surface area (Å²) in [5.74, 6) is 2.34. The molecule has 1 atom stereocenters. The molecule has 1 aromatic carbocycles. The molecule has 0 saturated carbocycles. The number of rotatable bonds is 2. The summed E-state index contributed by atoms with van der Waals surface area (Å²) in [7, 11) is 0. The van der Waals surface area contributed by atoms with Crippen LogP contribution in [0.3, 0.4) is 0 Å². The lowest BCUT2D eigenvalue weighted by Crippen LogP contribution is -2.40. The molecule has 4 rings (SSSR count). The van der Waals surface area contributed by atoms with Gasteiger partial charge in [-0.1, -0.05) is 0 Å². The van der Waals surface area contributed by atoms with Crippen molar-refractivity contribution in [1.82, 2.24) is 14.9 Å². The van der Waals surface area contributed by atoms with Crippen LogP contribution in [0.25, 0.3) is 0 Å². The van der Waals surface area contributed by atoms with E-state index in [-0.39, 0.29) is 18.7 Å². The number of fused-ring (bicyclic) bond motifs is 2. The molecule has 0 bridgehead atoms. The van der Waals surface area contributed by atoms with Gasteiger partial charge in [0.1, 0.15) is 5.82 Å². The summed E-state index contributed by atoms with van der Waals surface area (Å²) in [5, 5.41) is 3.09. The van der Waals surface area contributed by atoms with E-state index >= 15 is 0 Å². The summed E-state index contributed by atoms with van der Waals surface area (Å²) >= 11 is 0. The monoisotopic (exact) mass is 299 g/mol. The van der Waals surface area contributed by atoms with Crippen LogP contribution >= 0.6 is 0 Å². The molecule has 0 saturated heterocycles. The fourth-order valence-electron chi connectivity index (χ4n) is 3.01. The molecule has 1 unspecified atom stereocenters. The summed E-state index contributed by atoms with van der Waals surface area (Å²) in [5.41, 5.74) is 1.62. The van der Waals surface area contributed by atoms with Crippen LogP contribution in [0.5, 0.6) is 11.5 Å². The number of hydrogen-bond donors (Lipinski definition) is 1. The van der Waals surface area contributed by atoms with Crippen molar-refractivity contribution in [2.45, 2.75) is 32.4 Å². The Hall–Kier alpha value is -2.50. The zero-order chi connectivity index (χ0) is 15.1. The molecule has 22 heavy (non-hydrogen) atoms. The molecule has 6 heteroatoms. The third-order valence-corrected chi connectivity index (χ3v) is 4.08. The normalized spacial score (nSPS) is 18.9. The molecule has 2 aromatic rings. The Labute approximate surface area is 128 Å². The SMILES string of the molecule is Cc1cn2c(n1)CCC(NC(=O)c1ccc3c(c1)OCO3)C2. The highest BCUT2D eigenvalue weighted by Gasteiger charge is 2.22. The Kier molecular flexibility index (Phi) is 3.03. The van der Waals surface area contributed by atoms with Gasteiger partial charge >= 0.3 is 0 Å². The number of carbonyl (C=O) groups excluding carboxylic acids is 1. The lowest BCUT2D eigenvalue weighted by atomic mass is 10.1. The van der Waals surface area contributed by atoms with Gasteiger partial charge in [-0.3, -0.25) is 4.79 Å². The van der Waals surface area contributed by atoms with Crippen molar-refractivity contribution in [2.24, 2.45) is 0 Å². The zero-order valence-electron chi connectivity index (χ0n) is 12.3. The van der Waals surface area contributed by atoms with Crippen LogP contribution in [0.15, 0.2) is 24.4 Å². The number of carbonyl (C=O) groups is 1. The zero-order valence-corrected chi connectivity index (χ0v) is 12.3. The van der Waals surface area contributed by atoms with Crippen molar-refractivity contribution >= 4 is 5.91 Å². The minimum Gasteiger partial charge on any atom is -0.454 e. The topological polar surface area (TPSA) is 65.4 Å². The van der Waals surface area contributed by atoms with E-state index in [1.165, 1.54) is 0 Å². The van der Waals surface area contributed by atoms with Crippen molar-refractivity contribution in [1.29, 1.82) is 0 Å². The first-order valence-corrected chi connectivity index (χ1v) is 7.42. The maximum atomic E-state index is 12.4. The lowest BCUT2D eigenvalue weighted by Gasteiger charge is -2.24. The van der Waals surface area contributed by atoms with Gasteiger partial charge in [0.25, 0.3) is 5.91 Å². The van der Waals surface area contributed by atoms with Crippen LogP contribution in [-0.2, 0) is 13.0 Å². The number of imidazole rings is 1. The molecule has 0 aliphatic carbocycles. The van der Waals surface area contributed by atoms with Gasteiger partial charge in [0.05, 0.1) is 5.69 Å². The number of hydrogen-bond acceptors (Lipinski definition) is 4. The molecular weight excluding hydrogens is 282 g/mol. The fourth-order valence-corrected chi connectivity index (χ4v) is 3.01. The Morgan fingerprint density at radius 2 is 2.23 bits per heavy atom. The molecule has 3 heterocycles. The van der Waals surface area contributed by atoms with Crippen LogP contribution in [0, 0.1) is 6.92 Å². The maximum absolute atomic E-state index is 12.4. The Balaban J connectivity index is 1.46. The first-order chi connectivity index (χ1) is 10.7. The number of nitrogens with zero attached hydrogens (tertiary/aromatic N) is 2. The predicted molar refractivity (Wildman–Crippen MR) is 79.1 cm³/mol. The third-order valence-electron chi connectivity index (χ3n) is 4.08. The van der Waals surface area contributed by atoms with Crippen molar-refractivity contribution < 1.29 is 14.3 Å². The molecule has 1 aromatic heterocycles. The molecule has 0 spiro atoms. The third kappa shape index (κ3) is 2.30. The van der Waals surface area contributed by atoms with Crippen molar-refractivity contribution in [3.05, 3.63) is 41.5 Å². The van der Waals surface area contributed by atoms with Crippen LogP contribution in [0.2, 0.25) is 0 Å². The second-order valence-corrected chi connectivity index (χ2v) is 5.73. The van der Waals surface area contributed by atoms with Crippen LogP contribution < -0.4 is 14.8 Å². The fraction of sp³-hybridized carbons (Fsp3) is 0.375. The summed E-state index contributed by atoms with van der Waals surface area (Å²) in [6.07, 6.45) is 3.83. The van der Waals surface area contributed by atoms with Gasteiger partial charge in [0.2, 0.25) is 6.79 Å². The molecule has 1 N–H and O–H groups in total. The number of aryl methyl sites for hydroxylation is 2. The molecule has 114 valence electrons. The molecule has 0 fully saturated rings. The van der Waals surface area contributed by atoms with E-state index in [9.17, 15) is 4.79 Å². The average Bonchev–Trinajstić information content (AvgIpc) is 3.10. The molecule has 1 amide bonds. The first-order valence-electron chi connectivity index (χ1n) is 7.42.